The van der Waals surface area contributed by atoms with Crippen LogP contribution in [0, 0.1) is 0 Å². The molecule has 8 heteroatoms. The van der Waals surface area contributed by atoms with Crippen LogP contribution in [-0.2, 0) is 16.1 Å². The van der Waals surface area contributed by atoms with Gasteiger partial charge >= 0.3 is 0 Å². The number of aliphatic hydroxyl groups excluding tert-OH is 1. The predicted molar refractivity (Wildman–Crippen MR) is 128 cm³/mol. The van der Waals surface area contributed by atoms with E-state index >= 15 is 0 Å². The topological polar surface area (TPSA) is 98.4 Å². The first-order chi connectivity index (χ1) is 17.0. The molecule has 1 aliphatic rings. The minimum absolute atomic E-state index is 0.0176. The van der Waals surface area contributed by atoms with Crippen LogP contribution in [0.1, 0.15) is 36.3 Å². The Labute approximate surface area is 203 Å². The van der Waals surface area contributed by atoms with Gasteiger partial charge in [-0.2, -0.15) is 0 Å². The van der Waals surface area contributed by atoms with Crippen LogP contribution >= 0.6 is 0 Å². The molecule has 2 aromatic carbocycles. The van der Waals surface area contributed by atoms with Gasteiger partial charge in [-0.15, -0.1) is 0 Å². The summed E-state index contributed by atoms with van der Waals surface area (Å²) in [5.41, 5.74) is 0.962. The highest BCUT2D eigenvalue weighted by molar-refractivity contribution is 6.46. The zero-order valence-corrected chi connectivity index (χ0v) is 19.8. The summed E-state index contributed by atoms with van der Waals surface area (Å²) < 4.78 is 21.7. The molecule has 0 radical (unpaired) electrons. The third-order valence-electron chi connectivity index (χ3n) is 5.77. The number of ketones is 1. The number of benzene rings is 2. The summed E-state index contributed by atoms with van der Waals surface area (Å²) in [7, 11) is 2.98. The van der Waals surface area contributed by atoms with Crippen LogP contribution in [0.4, 0.5) is 0 Å². The summed E-state index contributed by atoms with van der Waals surface area (Å²) in [5, 5.41) is 11.3. The van der Waals surface area contributed by atoms with Crippen LogP contribution in [0.5, 0.6) is 17.2 Å². The number of rotatable bonds is 9. The van der Waals surface area contributed by atoms with E-state index < -0.39 is 17.7 Å². The van der Waals surface area contributed by atoms with Crippen LogP contribution in [0.2, 0.25) is 0 Å². The number of carbonyl (C=O) groups excluding carboxylic acids is 2. The standard InChI is InChI=1S/C27H27NO7/c1-4-13-34-19-10-7-17(8-11-19)24-23(25(29)18-9-12-21(32-2)22(15-18)33-3)26(30)27(31)28(24)16-20-6-5-14-35-20/h5-12,14-15,24,29H,4,13,16H2,1-3H3/t24-/m0/s1. The SMILES string of the molecule is CCCOc1ccc([C@H]2C(=C(O)c3ccc(OC)c(OC)c3)C(=O)C(=O)N2Cc2ccco2)cc1. The molecule has 0 spiro atoms. The summed E-state index contributed by atoms with van der Waals surface area (Å²) in [4.78, 5) is 27.7. The summed E-state index contributed by atoms with van der Waals surface area (Å²) in [5.74, 6) is 0.253. The second-order valence-corrected chi connectivity index (χ2v) is 7.99. The van der Waals surface area contributed by atoms with Crippen molar-refractivity contribution in [1.82, 2.24) is 4.90 Å². The first kappa shape index (κ1) is 23.9. The molecule has 182 valence electrons. The molecule has 1 saturated heterocycles. The Morgan fingerprint density at radius 2 is 1.77 bits per heavy atom. The summed E-state index contributed by atoms with van der Waals surface area (Å²) in [6.45, 7) is 2.67. The molecule has 0 bridgehead atoms. The van der Waals surface area contributed by atoms with Gasteiger partial charge in [0.05, 0.1) is 45.2 Å². The molecule has 4 rings (SSSR count). The first-order valence-electron chi connectivity index (χ1n) is 11.2. The van der Waals surface area contributed by atoms with E-state index in [9.17, 15) is 14.7 Å². The second kappa shape index (κ2) is 10.4. The largest absolute Gasteiger partial charge is 0.507 e. The fourth-order valence-corrected chi connectivity index (χ4v) is 4.07. The van der Waals surface area contributed by atoms with Gasteiger partial charge in [0.2, 0.25) is 0 Å². The van der Waals surface area contributed by atoms with Crippen LogP contribution in [0.3, 0.4) is 0 Å². The number of likely N-dealkylation sites (tertiary alicyclic amines) is 1. The molecular formula is C27H27NO7. The van der Waals surface area contributed by atoms with Gasteiger partial charge in [-0.1, -0.05) is 19.1 Å². The summed E-state index contributed by atoms with van der Waals surface area (Å²) in [6.07, 6.45) is 2.38. The highest BCUT2D eigenvalue weighted by Gasteiger charge is 2.46. The highest BCUT2D eigenvalue weighted by atomic mass is 16.5. The molecule has 1 N–H and O–H groups in total. The molecule has 1 amide bonds. The molecule has 1 aliphatic heterocycles. The van der Waals surface area contributed by atoms with E-state index in [0.717, 1.165) is 6.42 Å². The lowest BCUT2D eigenvalue weighted by molar-refractivity contribution is -0.140. The van der Waals surface area contributed by atoms with Gasteiger partial charge in [-0.3, -0.25) is 9.59 Å². The Morgan fingerprint density at radius 3 is 2.40 bits per heavy atom. The molecule has 8 nitrogen and oxygen atoms in total. The van der Waals surface area contributed by atoms with Gasteiger partial charge in [-0.25, -0.2) is 0 Å². The monoisotopic (exact) mass is 477 g/mol. The van der Waals surface area contributed by atoms with Crippen LogP contribution in [-0.4, -0.2) is 42.5 Å². The fourth-order valence-electron chi connectivity index (χ4n) is 4.07. The molecule has 35 heavy (non-hydrogen) atoms. The average molecular weight is 478 g/mol. The second-order valence-electron chi connectivity index (χ2n) is 7.99. The van der Waals surface area contributed by atoms with Crippen molar-refractivity contribution in [3.63, 3.8) is 0 Å². The van der Waals surface area contributed by atoms with Crippen molar-refractivity contribution in [1.29, 1.82) is 0 Å². The van der Waals surface area contributed by atoms with Crippen molar-refractivity contribution < 1.29 is 33.3 Å². The molecule has 1 aromatic heterocycles. The van der Waals surface area contributed by atoms with E-state index in [4.69, 9.17) is 18.6 Å². The Balaban J connectivity index is 1.82. The van der Waals surface area contributed by atoms with Crippen LogP contribution in [0.25, 0.3) is 5.76 Å². The van der Waals surface area contributed by atoms with Crippen molar-refractivity contribution >= 4 is 17.4 Å². The molecule has 3 aromatic rings. The third-order valence-corrected chi connectivity index (χ3v) is 5.77. The molecule has 1 fully saturated rings. The number of methoxy groups -OCH3 is 2. The number of Topliss-reactive ketones (excluding diaryl/α,β-unsaturated/α-hetero) is 1. The Kier molecular flexibility index (Phi) is 7.10. The number of hydrogen-bond donors (Lipinski definition) is 1. The lowest BCUT2D eigenvalue weighted by Gasteiger charge is -2.24. The van der Waals surface area contributed by atoms with Gasteiger partial charge in [0.25, 0.3) is 11.7 Å². The van der Waals surface area contributed by atoms with E-state index in [1.54, 1.807) is 54.6 Å². The van der Waals surface area contributed by atoms with E-state index in [2.05, 4.69) is 0 Å². The summed E-state index contributed by atoms with van der Waals surface area (Å²) >= 11 is 0. The lowest BCUT2D eigenvalue weighted by Crippen LogP contribution is -2.29. The van der Waals surface area contributed by atoms with Crippen molar-refractivity contribution in [3.05, 3.63) is 83.3 Å². The molecule has 0 saturated carbocycles. The molecule has 1 atom stereocenters. The number of carbonyl (C=O) groups is 2. The lowest BCUT2D eigenvalue weighted by atomic mass is 9.95. The van der Waals surface area contributed by atoms with Gasteiger partial charge in [0.1, 0.15) is 17.3 Å². The molecule has 0 unspecified atom stereocenters. The maximum Gasteiger partial charge on any atom is 0.296 e. The minimum Gasteiger partial charge on any atom is -0.507 e. The summed E-state index contributed by atoms with van der Waals surface area (Å²) in [6, 6.07) is 14.6. The third kappa shape index (κ3) is 4.73. The number of amides is 1. The Bertz CT molecular complexity index is 1230. The van der Waals surface area contributed by atoms with E-state index in [1.807, 2.05) is 6.92 Å². The van der Waals surface area contributed by atoms with Crippen molar-refractivity contribution in [2.24, 2.45) is 0 Å². The average Bonchev–Trinajstić information content (AvgIpc) is 3.49. The zero-order valence-electron chi connectivity index (χ0n) is 19.8. The van der Waals surface area contributed by atoms with Crippen LogP contribution < -0.4 is 14.2 Å². The Morgan fingerprint density at radius 1 is 1.03 bits per heavy atom. The van der Waals surface area contributed by atoms with Gasteiger partial charge in [0, 0.05) is 5.56 Å². The van der Waals surface area contributed by atoms with Crippen LogP contribution in [0.15, 0.2) is 70.9 Å². The number of aliphatic hydroxyl groups is 1. The van der Waals surface area contributed by atoms with Crippen molar-refractivity contribution in [2.45, 2.75) is 25.9 Å². The number of furan rings is 1. The minimum atomic E-state index is -0.826. The predicted octanol–water partition coefficient (Wildman–Crippen LogP) is 4.71. The number of nitrogens with zero attached hydrogens (tertiary/aromatic N) is 1. The molecular weight excluding hydrogens is 450 g/mol. The molecule has 2 heterocycles. The maximum absolute atomic E-state index is 13.2. The fraction of sp³-hybridized carbons (Fsp3) is 0.259. The molecule has 0 aliphatic carbocycles. The number of hydrogen-bond acceptors (Lipinski definition) is 7. The first-order valence-corrected chi connectivity index (χ1v) is 11.2. The Hall–Kier alpha value is -4.20. The van der Waals surface area contributed by atoms with Crippen molar-refractivity contribution in [2.75, 3.05) is 20.8 Å². The van der Waals surface area contributed by atoms with E-state index in [0.29, 0.717) is 40.7 Å². The van der Waals surface area contributed by atoms with Gasteiger partial charge in [0.15, 0.2) is 11.5 Å². The highest BCUT2D eigenvalue weighted by Crippen LogP contribution is 2.41. The van der Waals surface area contributed by atoms with Gasteiger partial charge < -0.3 is 28.6 Å². The van der Waals surface area contributed by atoms with Gasteiger partial charge in [-0.05, 0) is 54.4 Å². The quantitative estimate of drug-likeness (QED) is 0.271. The number of ether oxygens (including phenoxy) is 3. The zero-order chi connectivity index (χ0) is 24.9. The van der Waals surface area contributed by atoms with E-state index in [1.165, 1.54) is 25.4 Å². The normalized spacial score (nSPS) is 17.0. The van der Waals surface area contributed by atoms with Crippen molar-refractivity contribution in [3.8, 4) is 17.2 Å². The van der Waals surface area contributed by atoms with E-state index in [-0.39, 0.29) is 17.9 Å². The maximum atomic E-state index is 13.2. The smallest absolute Gasteiger partial charge is 0.296 e.